The molecule has 1 amide bonds. The summed E-state index contributed by atoms with van der Waals surface area (Å²) in [5.74, 6) is 0.314. The van der Waals surface area contributed by atoms with E-state index in [4.69, 9.17) is 9.84 Å². The van der Waals surface area contributed by atoms with Crippen molar-refractivity contribution in [3.63, 3.8) is 0 Å². The molecular weight excluding hydrogens is 244 g/mol. The van der Waals surface area contributed by atoms with Crippen LogP contribution in [0.25, 0.3) is 0 Å². The zero-order chi connectivity index (χ0) is 13.7. The zero-order valence-electron chi connectivity index (χ0n) is 10.5. The Morgan fingerprint density at radius 2 is 2.16 bits per heavy atom. The summed E-state index contributed by atoms with van der Waals surface area (Å²) in [5.41, 5.74) is 1.48. The predicted molar refractivity (Wildman–Crippen MR) is 71.1 cm³/mol. The maximum absolute atomic E-state index is 12.1. The summed E-state index contributed by atoms with van der Waals surface area (Å²) < 4.78 is 5.16. The van der Waals surface area contributed by atoms with Gasteiger partial charge in [-0.05, 0) is 24.3 Å². The number of benzene rings is 1. The van der Waals surface area contributed by atoms with E-state index in [0.717, 1.165) is 0 Å². The van der Waals surface area contributed by atoms with Gasteiger partial charge in [-0.1, -0.05) is 12.1 Å². The van der Waals surface area contributed by atoms with Crippen LogP contribution in [0.2, 0.25) is 0 Å². The van der Waals surface area contributed by atoms with Gasteiger partial charge in [-0.2, -0.15) is 0 Å². The molecule has 0 aliphatic rings. The molecule has 1 heterocycles. The third-order valence-electron chi connectivity index (χ3n) is 2.60. The molecule has 1 aromatic heterocycles. The zero-order valence-corrected chi connectivity index (χ0v) is 10.5. The van der Waals surface area contributed by atoms with Gasteiger partial charge < -0.3 is 15.2 Å². The number of nitrogens with zero attached hydrogens (tertiary/aromatic N) is 1. The quantitative estimate of drug-likeness (QED) is 0.877. The molecule has 0 saturated heterocycles. The molecule has 2 N–H and O–H groups in total. The van der Waals surface area contributed by atoms with E-state index in [9.17, 15) is 4.79 Å². The SMILES string of the molecule is COc1ccccc1NC(=O)c1ccnc(CO)c1. The highest BCUT2D eigenvalue weighted by molar-refractivity contribution is 6.05. The van der Waals surface area contributed by atoms with Crippen LogP contribution in [0.3, 0.4) is 0 Å². The minimum atomic E-state index is -0.276. The highest BCUT2D eigenvalue weighted by Crippen LogP contribution is 2.23. The summed E-state index contributed by atoms with van der Waals surface area (Å²) in [7, 11) is 1.54. The van der Waals surface area contributed by atoms with E-state index in [1.807, 2.05) is 12.1 Å². The van der Waals surface area contributed by atoms with Gasteiger partial charge in [-0.3, -0.25) is 9.78 Å². The van der Waals surface area contributed by atoms with Crippen LogP contribution in [0.5, 0.6) is 5.75 Å². The van der Waals surface area contributed by atoms with Gasteiger partial charge >= 0.3 is 0 Å². The number of hydrogen-bond acceptors (Lipinski definition) is 4. The largest absolute Gasteiger partial charge is 0.495 e. The highest BCUT2D eigenvalue weighted by atomic mass is 16.5. The van der Waals surface area contributed by atoms with Crippen LogP contribution in [0.4, 0.5) is 5.69 Å². The van der Waals surface area contributed by atoms with E-state index in [2.05, 4.69) is 10.3 Å². The fourth-order valence-corrected chi connectivity index (χ4v) is 1.65. The fourth-order valence-electron chi connectivity index (χ4n) is 1.65. The molecule has 1 aromatic carbocycles. The number of amides is 1. The van der Waals surface area contributed by atoms with E-state index < -0.39 is 0 Å². The smallest absolute Gasteiger partial charge is 0.255 e. The van der Waals surface area contributed by atoms with Crippen LogP contribution in [0, 0.1) is 0 Å². The van der Waals surface area contributed by atoms with Crippen molar-refractivity contribution >= 4 is 11.6 Å². The van der Waals surface area contributed by atoms with Crippen molar-refractivity contribution in [2.24, 2.45) is 0 Å². The molecule has 0 aliphatic carbocycles. The number of nitrogens with one attached hydrogen (secondary N) is 1. The number of aliphatic hydroxyl groups excluding tert-OH is 1. The molecular formula is C14H14N2O3. The number of hydrogen-bond donors (Lipinski definition) is 2. The average Bonchev–Trinajstić information content (AvgIpc) is 2.47. The lowest BCUT2D eigenvalue weighted by molar-refractivity contribution is 0.102. The molecule has 5 nitrogen and oxygen atoms in total. The Hall–Kier alpha value is -2.40. The van der Waals surface area contributed by atoms with Gasteiger partial charge in [0.05, 0.1) is 25.1 Å². The Morgan fingerprint density at radius 3 is 2.89 bits per heavy atom. The average molecular weight is 258 g/mol. The lowest BCUT2D eigenvalue weighted by Gasteiger charge is -2.10. The predicted octanol–water partition coefficient (Wildman–Crippen LogP) is 1.83. The molecule has 0 unspecified atom stereocenters. The highest BCUT2D eigenvalue weighted by Gasteiger charge is 2.09. The lowest BCUT2D eigenvalue weighted by atomic mass is 10.2. The van der Waals surface area contributed by atoms with E-state index >= 15 is 0 Å². The number of methoxy groups -OCH3 is 1. The van der Waals surface area contributed by atoms with Crippen molar-refractivity contribution < 1.29 is 14.6 Å². The molecule has 0 bridgehead atoms. The van der Waals surface area contributed by atoms with Crippen molar-refractivity contribution in [3.8, 4) is 5.75 Å². The maximum Gasteiger partial charge on any atom is 0.255 e. The Kier molecular flexibility index (Phi) is 4.10. The Labute approximate surface area is 110 Å². The van der Waals surface area contributed by atoms with Crippen LogP contribution in [-0.4, -0.2) is 23.1 Å². The van der Waals surface area contributed by atoms with Crippen LogP contribution in [0.15, 0.2) is 42.6 Å². The first-order chi connectivity index (χ1) is 9.24. The Morgan fingerprint density at radius 1 is 1.37 bits per heavy atom. The van der Waals surface area contributed by atoms with Crippen molar-refractivity contribution in [1.29, 1.82) is 0 Å². The van der Waals surface area contributed by atoms with Gasteiger partial charge in [0.25, 0.3) is 5.91 Å². The van der Waals surface area contributed by atoms with E-state index in [1.165, 1.54) is 6.20 Å². The van der Waals surface area contributed by atoms with Gasteiger partial charge in [-0.15, -0.1) is 0 Å². The molecule has 98 valence electrons. The molecule has 0 radical (unpaired) electrons. The van der Waals surface area contributed by atoms with Gasteiger partial charge in [0, 0.05) is 11.8 Å². The third kappa shape index (κ3) is 3.08. The van der Waals surface area contributed by atoms with Gasteiger partial charge in [-0.25, -0.2) is 0 Å². The van der Waals surface area contributed by atoms with E-state index in [0.29, 0.717) is 22.7 Å². The Balaban J connectivity index is 2.20. The van der Waals surface area contributed by atoms with Crippen LogP contribution in [-0.2, 0) is 6.61 Å². The number of carbonyl (C=O) groups is 1. The number of pyridine rings is 1. The van der Waals surface area contributed by atoms with Crippen molar-refractivity contribution in [2.75, 3.05) is 12.4 Å². The molecule has 0 saturated carbocycles. The molecule has 2 aromatic rings. The summed E-state index contributed by atoms with van der Waals surface area (Å²) in [6, 6.07) is 10.3. The van der Waals surface area contributed by atoms with Crippen molar-refractivity contribution in [1.82, 2.24) is 4.98 Å². The third-order valence-corrected chi connectivity index (χ3v) is 2.60. The molecule has 5 heteroatoms. The van der Waals surface area contributed by atoms with Crippen LogP contribution >= 0.6 is 0 Å². The summed E-state index contributed by atoms with van der Waals surface area (Å²) in [6.45, 7) is -0.199. The number of anilines is 1. The molecule has 0 atom stereocenters. The summed E-state index contributed by atoms with van der Waals surface area (Å²) in [5, 5.41) is 11.8. The lowest BCUT2D eigenvalue weighted by Crippen LogP contribution is -2.13. The number of ether oxygens (including phenoxy) is 1. The van der Waals surface area contributed by atoms with E-state index in [-0.39, 0.29) is 12.5 Å². The first-order valence-corrected chi connectivity index (χ1v) is 5.74. The standard InChI is InChI=1S/C14H14N2O3/c1-19-13-5-3-2-4-12(13)16-14(18)10-6-7-15-11(8-10)9-17/h2-8,17H,9H2,1H3,(H,16,18). The topological polar surface area (TPSA) is 71.5 Å². The maximum atomic E-state index is 12.1. The Bertz CT molecular complexity index is 584. The van der Waals surface area contributed by atoms with Crippen molar-refractivity contribution in [3.05, 3.63) is 53.9 Å². The second kappa shape index (κ2) is 5.97. The molecule has 19 heavy (non-hydrogen) atoms. The van der Waals surface area contributed by atoms with Gasteiger partial charge in [0.1, 0.15) is 5.75 Å². The van der Waals surface area contributed by atoms with E-state index in [1.54, 1.807) is 31.4 Å². The first-order valence-electron chi connectivity index (χ1n) is 5.74. The van der Waals surface area contributed by atoms with Crippen LogP contribution in [0.1, 0.15) is 16.1 Å². The van der Waals surface area contributed by atoms with Gasteiger partial charge in [0.2, 0.25) is 0 Å². The second-order valence-electron chi connectivity index (χ2n) is 3.85. The normalized spacial score (nSPS) is 10.0. The number of aliphatic hydroxyl groups is 1. The molecule has 0 aliphatic heterocycles. The summed E-state index contributed by atoms with van der Waals surface area (Å²) in [6.07, 6.45) is 1.49. The van der Waals surface area contributed by atoms with Gasteiger partial charge in [0.15, 0.2) is 0 Å². The number of aromatic nitrogens is 1. The fraction of sp³-hybridized carbons (Fsp3) is 0.143. The number of rotatable bonds is 4. The monoisotopic (exact) mass is 258 g/mol. The summed E-state index contributed by atoms with van der Waals surface area (Å²) in [4.78, 5) is 16.0. The summed E-state index contributed by atoms with van der Waals surface area (Å²) >= 11 is 0. The molecule has 2 rings (SSSR count). The van der Waals surface area contributed by atoms with Crippen LogP contribution < -0.4 is 10.1 Å². The molecule has 0 spiro atoms. The number of para-hydroxylation sites is 2. The van der Waals surface area contributed by atoms with Crippen molar-refractivity contribution in [2.45, 2.75) is 6.61 Å². The number of carbonyl (C=O) groups excluding carboxylic acids is 1. The minimum Gasteiger partial charge on any atom is -0.495 e. The molecule has 0 fully saturated rings. The minimum absolute atomic E-state index is 0.199. The second-order valence-corrected chi connectivity index (χ2v) is 3.85. The first kappa shape index (κ1) is 13.0.